The number of hydrogen-bond acceptors (Lipinski definition) is 4. The molecule has 5 heteroatoms. The Morgan fingerprint density at radius 2 is 1.85 bits per heavy atom. The van der Waals surface area contributed by atoms with Crippen molar-refractivity contribution in [3.8, 4) is 11.5 Å². The first kappa shape index (κ1) is 17.9. The van der Waals surface area contributed by atoms with Crippen LogP contribution in [0, 0.1) is 5.92 Å². The fourth-order valence-electron chi connectivity index (χ4n) is 3.78. The standard InChI is InChI=1S/C22H26N2O3/c1-16-13-24(14-17-6-3-2-4-7-17)15-19(16)23-22(25)18-8-9-20-21(12-18)27-11-5-10-26-20/h2-4,6-9,12,16,19H,5,10-11,13-15H2,1H3,(H,23,25). The molecular weight excluding hydrogens is 340 g/mol. The zero-order valence-electron chi connectivity index (χ0n) is 15.7. The zero-order chi connectivity index (χ0) is 18.6. The molecule has 0 spiro atoms. The van der Waals surface area contributed by atoms with Crippen LogP contribution in [0.5, 0.6) is 11.5 Å². The summed E-state index contributed by atoms with van der Waals surface area (Å²) in [5.74, 6) is 1.74. The van der Waals surface area contributed by atoms with Gasteiger partial charge in [0.2, 0.25) is 0 Å². The number of carbonyl (C=O) groups excluding carboxylic acids is 1. The third kappa shape index (κ3) is 4.25. The van der Waals surface area contributed by atoms with Gasteiger partial charge in [0, 0.05) is 37.7 Å². The van der Waals surface area contributed by atoms with Crippen molar-refractivity contribution in [2.45, 2.75) is 25.9 Å². The molecule has 1 fully saturated rings. The quantitative estimate of drug-likeness (QED) is 0.903. The molecule has 0 aromatic heterocycles. The predicted molar refractivity (Wildman–Crippen MR) is 104 cm³/mol. The molecule has 2 aliphatic heterocycles. The van der Waals surface area contributed by atoms with Gasteiger partial charge in [-0.2, -0.15) is 0 Å². The highest BCUT2D eigenvalue weighted by Gasteiger charge is 2.31. The normalized spacial score (nSPS) is 22.3. The van der Waals surface area contributed by atoms with Crippen molar-refractivity contribution in [2.24, 2.45) is 5.92 Å². The van der Waals surface area contributed by atoms with Crippen LogP contribution in [-0.4, -0.2) is 43.2 Å². The van der Waals surface area contributed by atoms with Crippen molar-refractivity contribution < 1.29 is 14.3 Å². The summed E-state index contributed by atoms with van der Waals surface area (Å²) in [7, 11) is 0. The van der Waals surface area contributed by atoms with Crippen molar-refractivity contribution in [2.75, 3.05) is 26.3 Å². The first-order chi connectivity index (χ1) is 13.2. The molecule has 2 atom stereocenters. The maximum Gasteiger partial charge on any atom is 0.251 e. The van der Waals surface area contributed by atoms with Crippen molar-refractivity contribution in [1.29, 1.82) is 0 Å². The number of fused-ring (bicyclic) bond motifs is 1. The van der Waals surface area contributed by atoms with Crippen LogP contribution < -0.4 is 14.8 Å². The number of amides is 1. The third-order valence-electron chi connectivity index (χ3n) is 5.26. The van der Waals surface area contributed by atoms with Crippen molar-refractivity contribution in [3.05, 3.63) is 59.7 Å². The molecule has 0 saturated carbocycles. The van der Waals surface area contributed by atoms with E-state index in [0.717, 1.165) is 26.1 Å². The molecule has 1 amide bonds. The number of benzene rings is 2. The average molecular weight is 366 g/mol. The molecule has 0 aliphatic carbocycles. The van der Waals surface area contributed by atoms with Crippen molar-refractivity contribution in [1.82, 2.24) is 10.2 Å². The van der Waals surface area contributed by atoms with E-state index < -0.39 is 0 Å². The molecule has 4 rings (SSSR count). The van der Waals surface area contributed by atoms with Crippen LogP contribution in [0.4, 0.5) is 0 Å². The zero-order valence-corrected chi connectivity index (χ0v) is 15.7. The Labute approximate surface area is 160 Å². The van der Waals surface area contributed by atoms with E-state index in [1.807, 2.05) is 18.2 Å². The minimum atomic E-state index is -0.0518. The van der Waals surface area contributed by atoms with E-state index in [1.54, 1.807) is 6.07 Å². The summed E-state index contributed by atoms with van der Waals surface area (Å²) in [5.41, 5.74) is 1.92. The monoisotopic (exact) mass is 366 g/mol. The topological polar surface area (TPSA) is 50.8 Å². The summed E-state index contributed by atoms with van der Waals surface area (Å²) in [6.45, 7) is 6.24. The van der Waals surface area contributed by atoms with Gasteiger partial charge in [-0.3, -0.25) is 9.69 Å². The summed E-state index contributed by atoms with van der Waals surface area (Å²) in [5, 5.41) is 3.21. The Morgan fingerprint density at radius 3 is 2.67 bits per heavy atom. The summed E-state index contributed by atoms with van der Waals surface area (Å²) >= 11 is 0. The Balaban J connectivity index is 1.38. The first-order valence-corrected chi connectivity index (χ1v) is 9.66. The van der Waals surface area contributed by atoms with Gasteiger partial charge in [0.05, 0.1) is 13.2 Å². The maximum atomic E-state index is 12.8. The number of nitrogens with one attached hydrogen (secondary N) is 1. The third-order valence-corrected chi connectivity index (χ3v) is 5.26. The molecule has 27 heavy (non-hydrogen) atoms. The van der Waals surface area contributed by atoms with Crippen LogP contribution >= 0.6 is 0 Å². The molecule has 0 radical (unpaired) electrons. The molecule has 2 aromatic rings. The number of rotatable bonds is 4. The first-order valence-electron chi connectivity index (χ1n) is 9.66. The Kier molecular flexibility index (Phi) is 5.30. The Hall–Kier alpha value is -2.53. The van der Waals surface area contributed by atoms with Gasteiger partial charge in [-0.15, -0.1) is 0 Å². The van der Waals surface area contributed by atoms with E-state index in [-0.39, 0.29) is 11.9 Å². The van der Waals surface area contributed by atoms with Gasteiger partial charge in [-0.05, 0) is 29.7 Å². The fourth-order valence-corrected chi connectivity index (χ4v) is 3.78. The van der Waals surface area contributed by atoms with Gasteiger partial charge in [0.25, 0.3) is 5.91 Å². The lowest BCUT2D eigenvalue weighted by Gasteiger charge is -2.18. The number of carbonyl (C=O) groups is 1. The Bertz CT molecular complexity index is 793. The van der Waals surface area contributed by atoms with Crippen LogP contribution in [0.15, 0.2) is 48.5 Å². The predicted octanol–water partition coefficient (Wildman–Crippen LogP) is 3.10. The van der Waals surface area contributed by atoms with Crippen molar-refractivity contribution in [3.63, 3.8) is 0 Å². The molecular formula is C22H26N2O3. The molecule has 2 unspecified atom stereocenters. The molecule has 2 heterocycles. The fraction of sp³-hybridized carbons (Fsp3) is 0.409. The molecule has 2 aromatic carbocycles. The lowest BCUT2D eigenvalue weighted by Crippen LogP contribution is -2.39. The van der Waals surface area contributed by atoms with Gasteiger partial charge in [-0.1, -0.05) is 37.3 Å². The minimum Gasteiger partial charge on any atom is -0.490 e. The highest BCUT2D eigenvalue weighted by molar-refractivity contribution is 5.95. The molecule has 0 bridgehead atoms. The van der Waals surface area contributed by atoms with Crippen LogP contribution in [-0.2, 0) is 6.54 Å². The van der Waals surface area contributed by atoms with Crippen LogP contribution in [0.1, 0.15) is 29.3 Å². The molecule has 2 aliphatic rings. The maximum absolute atomic E-state index is 12.8. The minimum absolute atomic E-state index is 0.0518. The van der Waals surface area contributed by atoms with Crippen LogP contribution in [0.25, 0.3) is 0 Å². The van der Waals surface area contributed by atoms with E-state index in [4.69, 9.17) is 9.47 Å². The lowest BCUT2D eigenvalue weighted by atomic mass is 10.1. The van der Waals surface area contributed by atoms with Gasteiger partial charge < -0.3 is 14.8 Å². The molecule has 142 valence electrons. The van der Waals surface area contributed by atoms with Crippen molar-refractivity contribution >= 4 is 5.91 Å². The van der Waals surface area contributed by atoms with E-state index in [2.05, 4.69) is 41.4 Å². The highest BCUT2D eigenvalue weighted by atomic mass is 16.5. The van der Waals surface area contributed by atoms with Crippen LogP contribution in [0.2, 0.25) is 0 Å². The van der Waals surface area contributed by atoms with E-state index in [0.29, 0.717) is 36.2 Å². The Morgan fingerprint density at radius 1 is 1.07 bits per heavy atom. The number of hydrogen-bond donors (Lipinski definition) is 1. The largest absolute Gasteiger partial charge is 0.490 e. The second-order valence-corrected chi connectivity index (χ2v) is 7.45. The lowest BCUT2D eigenvalue weighted by molar-refractivity contribution is 0.0931. The molecule has 1 saturated heterocycles. The van der Waals surface area contributed by atoms with Gasteiger partial charge in [0.15, 0.2) is 11.5 Å². The smallest absolute Gasteiger partial charge is 0.251 e. The molecule has 1 N–H and O–H groups in total. The highest BCUT2D eigenvalue weighted by Crippen LogP contribution is 2.30. The number of ether oxygens (including phenoxy) is 2. The SMILES string of the molecule is CC1CN(Cc2ccccc2)CC1NC(=O)c1ccc2c(c1)OCCCO2. The van der Waals surface area contributed by atoms with Gasteiger partial charge in [0.1, 0.15) is 0 Å². The van der Waals surface area contributed by atoms with Gasteiger partial charge >= 0.3 is 0 Å². The van der Waals surface area contributed by atoms with E-state index >= 15 is 0 Å². The summed E-state index contributed by atoms with van der Waals surface area (Å²) in [6.07, 6.45) is 0.854. The molecule has 5 nitrogen and oxygen atoms in total. The van der Waals surface area contributed by atoms with E-state index in [1.165, 1.54) is 5.56 Å². The summed E-state index contributed by atoms with van der Waals surface area (Å²) in [4.78, 5) is 15.2. The second kappa shape index (κ2) is 8.01. The average Bonchev–Trinajstić information content (AvgIpc) is 2.88. The number of nitrogens with zero attached hydrogens (tertiary/aromatic N) is 1. The van der Waals surface area contributed by atoms with E-state index in [9.17, 15) is 4.79 Å². The van der Waals surface area contributed by atoms with Gasteiger partial charge in [-0.25, -0.2) is 0 Å². The summed E-state index contributed by atoms with van der Waals surface area (Å²) in [6, 6.07) is 16.0. The summed E-state index contributed by atoms with van der Waals surface area (Å²) < 4.78 is 11.3. The second-order valence-electron chi connectivity index (χ2n) is 7.45. The number of likely N-dealkylation sites (tertiary alicyclic amines) is 1. The van der Waals surface area contributed by atoms with Crippen LogP contribution in [0.3, 0.4) is 0 Å².